The summed E-state index contributed by atoms with van der Waals surface area (Å²) in [4.78, 5) is 9.31. The molecule has 0 spiro atoms. The molecule has 4 aromatic rings. The summed E-state index contributed by atoms with van der Waals surface area (Å²) in [7, 11) is -4.39. The molecule has 1 heterocycles. The van der Waals surface area contributed by atoms with Crippen LogP contribution in [0.4, 0.5) is 23.3 Å². The average Bonchev–Trinajstić information content (AvgIpc) is 3.03. The van der Waals surface area contributed by atoms with Crippen LogP contribution in [-0.4, -0.2) is 52.3 Å². The van der Waals surface area contributed by atoms with Gasteiger partial charge in [0.25, 0.3) is 0 Å². The number of hydrogen-bond acceptors (Lipinski definition) is 11. The number of halogens is 1. The highest BCUT2D eigenvalue weighted by molar-refractivity contribution is 9.10. The zero-order valence-corrected chi connectivity index (χ0v) is 27.3. The fourth-order valence-electron chi connectivity index (χ4n) is 3.68. The van der Waals surface area contributed by atoms with Gasteiger partial charge in [-0.3, -0.25) is 10.9 Å². The van der Waals surface area contributed by atoms with Crippen LogP contribution < -0.4 is 25.6 Å². The number of hydrogen-bond donors (Lipinski definition) is 5. The van der Waals surface area contributed by atoms with Gasteiger partial charge in [-0.15, -0.1) is 0 Å². The summed E-state index contributed by atoms with van der Waals surface area (Å²) in [6, 6.07) is 21.8. The van der Waals surface area contributed by atoms with E-state index in [9.17, 15) is 16.8 Å². The van der Waals surface area contributed by atoms with Crippen molar-refractivity contribution in [2.45, 2.75) is 23.6 Å². The molecule has 16 heteroatoms. The van der Waals surface area contributed by atoms with E-state index in [2.05, 4.69) is 61.7 Å². The summed E-state index contributed by atoms with van der Waals surface area (Å²) in [5, 5.41) is 12.0. The molecule has 0 aliphatic rings. The first kappa shape index (κ1) is 32.7. The number of benzene rings is 3. The number of hydrazone groups is 2. The van der Waals surface area contributed by atoms with E-state index in [0.29, 0.717) is 34.2 Å². The normalized spacial score (nSPS) is 12.6. The Morgan fingerprint density at radius 2 is 1.07 bits per heavy atom. The van der Waals surface area contributed by atoms with Gasteiger partial charge >= 0.3 is 0 Å². The van der Waals surface area contributed by atoms with Gasteiger partial charge in [-0.2, -0.15) is 20.2 Å². The van der Waals surface area contributed by atoms with Gasteiger partial charge in [0.1, 0.15) is 0 Å². The molecule has 1 aromatic heterocycles. The lowest BCUT2D eigenvalue weighted by Crippen LogP contribution is -2.18. The quantitative estimate of drug-likeness (QED) is 0.105. The third-order valence-corrected chi connectivity index (χ3v) is 9.59. The first-order valence-corrected chi connectivity index (χ1v) is 16.8. The highest BCUT2D eigenvalue weighted by Crippen LogP contribution is 2.21. The number of anilines is 4. The number of nitrogens with zero attached hydrogens (tertiary/aromatic N) is 4. The van der Waals surface area contributed by atoms with Crippen LogP contribution in [0.15, 0.2) is 103 Å². The Morgan fingerprint density at radius 1 is 0.659 bits per heavy atom. The van der Waals surface area contributed by atoms with Crippen LogP contribution >= 0.6 is 15.9 Å². The second kappa shape index (κ2) is 14.0. The Bertz CT molecular complexity index is 1780. The number of rotatable bonds is 12. The van der Waals surface area contributed by atoms with Crippen LogP contribution in [0.5, 0.6) is 0 Å². The van der Waals surface area contributed by atoms with Gasteiger partial charge in [0.05, 0.1) is 21.2 Å². The first-order valence-electron chi connectivity index (χ1n) is 13.0. The standard InChI is InChI=1S/C28H30BrN9O4S2/c1-18(20-5-13-24(14-6-20)43(39,40)30-3)35-37-26-17-27(34-28(33-26)32-23-11-9-22(29)10-12-23)38-36-19(2)21-7-15-25(16-8-21)44(41,42)31-4/h5-17,30-31H,1-4H3,(H3,32,33,34,37,38). The summed E-state index contributed by atoms with van der Waals surface area (Å²) in [6.07, 6.45) is 0. The van der Waals surface area contributed by atoms with Gasteiger partial charge in [0.2, 0.25) is 26.0 Å². The highest BCUT2D eigenvalue weighted by atomic mass is 79.9. The average molecular weight is 701 g/mol. The van der Waals surface area contributed by atoms with Gasteiger partial charge in [-0.1, -0.05) is 40.2 Å². The van der Waals surface area contributed by atoms with Crippen LogP contribution in [0.2, 0.25) is 0 Å². The predicted octanol–water partition coefficient (Wildman–Crippen LogP) is 4.47. The maximum atomic E-state index is 12.0. The Labute approximate surface area is 264 Å². The van der Waals surface area contributed by atoms with Crippen molar-refractivity contribution in [2.75, 3.05) is 30.3 Å². The van der Waals surface area contributed by atoms with Crippen LogP contribution in [0.25, 0.3) is 0 Å². The van der Waals surface area contributed by atoms with Crippen LogP contribution in [0.3, 0.4) is 0 Å². The van der Waals surface area contributed by atoms with E-state index in [-0.39, 0.29) is 15.7 Å². The van der Waals surface area contributed by atoms with E-state index in [1.807, 2.05) is 24.3 Å². The van der Waals surface area contributed by atoms with Gasteiger partial charge < -0.3 is 5.32 Å². The van der Waals surface area contributed by atoms with Crippen molar-refractivity contribution >= 4 is 70.7 Å². The zero-order chi connectivity index (χ0) is 31.9. The van der Waals surface area contributed by atoms with Crippen molar-refractivity contribution in [1.29, 1.82) is 0 Å². The van der Waals surface area contributed by atoms with Crippen molar-refractivity contribution < 1.29 is 16.8 Å². The van der Waals surface area contributed by atoms with E-state index >= 15 is 0 Å². The molecule has 230 valence electrons. The van der Waals surface area contributed by atoms with Crippen molar-refractivity contribution in [3.05, 3.63) is 94.5 Å². The fraction of sp³-hybridized carbons (Fsp3) is 0.143. The van der Waals surface area contributed by atoms with E-state index in [4.69, 9.17) is 0 Å². The molecule has 0 unspecified atom stereocenters. The number of nitrogens with one attached hydrogen (secondary N) is 5. The molecule has 3 aromatic carbocycles. The Balaban J connectivity index is 1.58. The predicted molar refractivity (Wildman–Crippen MR) is 176 cm³/mol. The summed E-state index contributed by atoms with van der Waals surface area (Å²) >= 11 is 3.42. The first-order chi connectivity index (χ1) is 20.9. The number of aromatic nitrogens is 2. The maximum Gasteiger partial charge on any atom is 0.240 e. The third-order valence-electron chi connectivity index (χ3n) is 6.21. The van der Waals surface area contributed by atoms with Crippen LogP contribution in [0.1, 0.15) is 25.0 Å². The molecule has 0 amide bonds. The molecule has 5 N–H and O–H groups in total. The van der Waals surface area contributed by atoms with Crippen molar-refractivity contribution in [3.8, 4) is 0 Å². The van der Waals surface area contributed by atoms with Crippen molar-refractivity contribution in [3.63, 3.8) is 0 Å². The van der Waals surface area contributed by atoms with E-state index in [1.165, 1.54) is 38.4 Å². The van der Waals surface area contributed by atoms with Crippen LogP contribution in [-0.2, 0) is 20.0 Å². The third kappa shape index (κ3) is 8.45. The van der Waals surface area contributed by atoms with Gasteiger partial charge in [0.15, 0.2) is 11.6 Å². The highest BCUT2D eigenvalue weighted by Gasteiger charge is 2.13. The minimum absolute atomic E-state index is 0.148. The summed E-state index contributed by atoms with van der Waals surface area (Å²) in [5.74, 6) is 0.972. The Morgan fingerprint density at radius 3 is 1.45 bits per heavy atom. The number of sulfonamides is 2. The zero-order valence-electron chi connectivity index (χ0n) is 24.1. The monoisotopic (exact) mass is 699 g/mol. The maximum absolute atomic E-state index is 12.0. The molecule has 0 bridgehead atoms. The molecule has 0 aliphatic carbocycles. The molecule has 0 saturated heterocycles. The minimum Gasteiger partial charge on any atom is -0.324 e. The van der Waals surface area contributed by atoms with Crippen molar-refractivity contribution in [1.82, 2.24) is 19.4 Å². The molecule has 4 rings (SSSR count). The fourth-order valence-corrected chi connectivity index (χ4v) is 5.40. The summed E-state index contributed by atoms with van der Waals surface area (Å²) < 4.78 is 53.6. The Hall–Kier alpha value is -4.22. The molecular formula is C28H30BrN9O4S2. The molecule has 0 atom stereocenters. The van der Waals surface area contributed by atoms with Gasteiger partial charge in [-0.25, -0.2) is 26.3 Å². The molecule has 0 aliphatic heterocycles. The Kier molecular flexibility index (Phi) is 10.4. The van der Waals surface area contributed by atoms with Gasteiger partial charge in [0, 0.05) is 16.2 Å². The lowest BCUT2D eigenvalue weighted by atomic mass is 10.1. The van der Waals surface area contributed by atoms with Gasteiger partial charge in [-0.05, 0) is 87.6 Å². The largest absolute Gasteiger partial charge is 0.324 e. The lowest BCUT2D eigenvalue weighted by Gasteiger charge is -2.11. The second-order valence-corrected chi connectivity index (χ2v) is 13.9. The molecule has 13 nitrogen and oxygen atoms in total. The van der Waals surface area contributed by atoms with E-state index < -0.39 is 20.0 Å². The van der Waals surface area contributed by atoms with Crippen LogP contribution in [0, 0.1) is 0 Å². The minimum atomic E-state index is -3.55. The summed E-state index contributed by atoms with van der Waals surface area (Å²) in [5.41, 5.74) is 9.21. The topological polar surface area (TPSA) is 179 Å². The molecular weight excluding hydrogens is 670 g/mol. The van der Waals surface area contributed by atoms with E-state index in [0.717, 1.165) is 10.2 Å². The smallest absolute Gasteiger partial charge is 0.240 e. The molecule has 0 fully saturated rings. The van der Waals surface area contributed by atoms with Crippen molar-refractivity contribution in [2.24, 2.45) is 10.2 Å². The summed E-state index contributed by atoms with van der Waals surface area (Å²) in [6.45, 7) is 3.55. The molecule has 0 radical (unpaired) electrons. The lowest BCUT2D eigenvalue weighted by molar-refractivity contribution is 0.586. The van der Waals surface area contributed by atoms with E-state index in [1.54, 1.807) is 44.2 Å². The molecule has 44 heavy (non-hydrogen) atoms. The SMILES string of the molecule is CNS(=O)(=O)c1ccc(C(C)=NNc2cc(NN=C(C)c3ccc(S(=O)(=O)NC)cc3)nc(Nc3ccc(Br)cc3)n2)cc1. The second-order valence-electron chi connectivity index (χ2n) is 9.18. The molecule has 0 saturated carbocycles.